The van der Waals surface area contributed by atoms with E-state index < -0.39 is 28.0 Å². The summed E-state index contributed by atoms with van der Waals surface area (Å²) in [5, 5.41) is 14.0. The number of rotatable bonds is 3. The first-order chi connectivity index (χ1) is 11.8. The van der Waals surface area contributed by atoms with Crippen LogP contribution >= 0.6 is 0 Å². The van der Waals surface area contributed by atoms with Gasteiger partial charge < -0.3 is 9.73 Å². The molecule has 2 aromatic carbocycles. The lowest BCUT2D eigenvalue weighted by molar-refractivity contribution is -0.386. The first-order valence-corrected chi connectivity index (χ1v) is 6.92. The van der Waals surface area contributed by atoms with Gasteiger partial charge in [-0.2, -0.15) is 13.2 Å². The largest absolute Gasteiger partial charge is 0.418 e. The highest BCUT2D eigenvalue weighted by atomic mass is 19.4. The molecule has 0 atom stereocenters. The molecule has 0 fully saturated rings. The van der Waals surface area contributed by atoms with Crippen molar-refractivity contribution in [1.82, 2.24) is 0 Å². The standard InChI is InChI=1S/C16H9F3N2O4/c17-16(18,19)9-4-3-5-10(8-9)20-13-11-6-1-2-7-12(11)25-15(22)14(13)21(23)24/h1-8,20H. The van der Waals surface area contributed by atoms with E-state index in [1.807, 2.05) is 0 Å². The van der Waals surface area contributed by atoms with Gasteiger partial charge in [-0.1, -0.05) is 18.2 Å². The Labute approximate surface area is 137 Å². The number of benzene rings is 2. The van der Waals surface area contributed by atoms with Gasteiger partial charge in [0.15, 0.2) is 0 Å². The summed E-state index contributed by atoms with van der Waals surface area (Å²) in [7, 11) is 0. The lowest BCUT2D eigenvalue weighted by Gasteiger charge is -2.12. The number of hydrogen-bond acceptors (Lipinski definition) is 5. The van der Waals surface area contributed by atoms with E-state index in [1.165, 1.54) is 18.2 Å². The Morgan fingerprint density at radius 2 is 1.80 bits per heavy atom. The fraction of sp³-hybridized carbons (Fsp3) is 0.0625. The van der Waals surface area contributed by atoms with Crippen LogP contribution in [0.1, 0.15) is 5.56 Å². The van der Waals surface area contributed by atoms with E-state index in [0.717, 1.165) is 18.2 Å². The molecule has 3 rings (SSSR count). The summed E-state index contributed by atoms with van der Waals surface area (Å²) in [4.78, 5) is 22.2. The molecule has 25 heavy (non-hydrogen) atoms. The summed E-state index contributed by atoms with van der Waals surface area (Å²) < 4.78 is 43.4. The van der Waals surface area contributed by atoms with Crippen molar-refractivity contribution in [3.8, 4) is 0 Å². The molecule has 0 bridgehead atoms. The minimum absolute atomic E-state index is 0.0475. The molecule has 0 spiro atoms. The van der Waals surface area contributed by atoms with Crippen molar-refractivity contribution < 1.29 is 22.5 Å². The maximum atomic E-state index is 12.8. The third-order valence-electron chi connectivity index (χ3n) is 3.43. The van der Waals surface area contributed by atoms with E-state index in [1.54, 1.807) is 12.1 Å². The summed E-state index contributed by atoms with van der Waals surface area (Å²) in [6.07, 6.45) is -4.57. The van der Waals surface area contributed by atoms with Crippen LogP contribution in [0.25, 0.3) is 11.0 Å². The van der Waals surface area contributed by atoms with E-state index in [-0.39, 0.29) is 22.3 Å². The number of hydrogen-bond donors (Lipinski definition) is 1. The Morgan fingerprint density at radius 1 is 1.08 bits per heavy atom. The average Bonchev–Trinajstić information content (AvgIpc) is 2.54. The van der Waals surface area contributed by atoms with Gasteiger partial charge in [0.1, 0.15) is 11.3 Å². The molecule has 0 aliphatic heterocycles. The van der Waals surface area contributed by atoms with Crippen molar-refractivity contribution in [1.29, 1.82) is 0 Å². The van der Waals surface area contributed by atoms with E-state index in [2.05, 4.69) is 5.32 Å². The Morgan fingerprint density at radius 3 is 2.48 bits per heavy atom. The van der Waals surface area contributed by atoms with Crippen molar-refractivity contribution in [3.63, 3.8) is 0 Å². The molecular weight excluding hydrogens is 341 g/mol. The minimum atomic E-state index is -4.57. The zero-order valence-corrected chi connectivity index (χ0v) is 12.3. The van der Waals surface area contributed by atoms with Crippen molar-refractivity contribution in [2.45, 2.75) is 6.18 Å². The van der Waals surface area contributed by atoms with Crippen LogP contribution in [0, 0.1) is 10.1 Å². The molecule has 1 heterocycles. The molecule has 0 radical (unpaired) electrons. The summed E-state index contributed by atoms with van der Waals surface area (Å²) in [6.45, 7) is 0. The summed E-state index contributed by atoms with van der Waals surface area (Å²) in [6, 6.07) is 10.1. The van der Waals surface area contributed by atoms with Gasteiger partial charge in [0, 0.05) is 11.1 Å². The molecule has 6 nitrogen and oxygen atoms in total. The number of halogens is 3. The van der Waals surface area contributed by atoms with Gasteiger partial charge in [-0.15, -0.1) is 0 Å². The van der Waals surface area contributed by atoms with Crippen LogP contribution in [0.3, 0.4) is 0 Å². The second kappa shape index (κ2) is 5.93. The highest BCUT2D eigenvalue weighted by molar-refractivity contribution is 5.96. The molecule has 128 valence electrons. The Balaban J connectivity index is 2.20. The number of nitrogens with one attached hydrogen (secondary N) is 1. The topological polar surface area (TPSA) is 85.4 Å². The first kappa shape index (κ1) is 16.5. The van der Waals surface area contributed by atoms with Gasteiger partial charge in [-0.25, -0.2) is 4.79 Å². The Hall–Kier alpha value is -3.36. The van der Waals surface area contributed by atoms with E-state index in [9.17, 15) is 28.1 Å². The van der Waals surface area contributed by atoms with Crippen molar-refractivity contribution in [3.05, 3.63) is 74.6 Å². The third kappa shape index (κ3) is 3.16. The second-order valence-electron chi connectivity index (χ2n) is 5.07. The molecule has 0 aliphatic carbocycles. The molecule has 0 unspecified atom stereocenters. The van der Waals surface area contributed by atoms with Crippen molar-refractivity contribution in [2.24, 2.45) is 0 Å². The van der Waals surface area contributed by atoms with E-state index in [4.69, 9.17) is 4.42 Å². The smallest absolute Gasteiger partial charge is 0.417 e. The maximum absolute atomic E-state index is 12.8. The molecule has 1 N–H and O–H groups in total. The number of fused-ring (bicyclic) bond motifs is 1. The van der Waals surface area contributed by atoms with Crippen LogP contribution in [0.4, 0.5) is 30.2 Å². The molecule has 0 aliphatic rings. The fourth-order valence-corrected chi connectivity index (χ4v) is 2.35. The number of nitrogens with zero attached hydrogens (tertiary/aromatic N) is 1. The summed E-state index contributed by atoms with van der Waals surface area (Å²) >= 11 is 0. The third-order valence-corrected chi connectivity index (χ3v) is 3.43. The lowest BCUT2D eigenvalue weighted by atomic mass is 10.1. The monoisotopic (exact) mass is 350 g/mol. The molecule has 9 heteroatoms. The summed E-state index contributed by atoms with van der Waals surface area (Å²) in [5.74, 6) is 0. The van der Waals surface area contributed by atoms with Gasteiger partial charge in [0.05, 0.1) is 10.5 Å². The highest BCUT2D eigenvalue weighted by Gasteiger charge is 2.31. The normalized spacial score (nSPS) is 11.5. The van der Waals surface area contributed by atoms with Crippen LogP contribution in [0.2, 0.25) is 0 Å². The van der Waals surface area contributed by atoms with Crippen LogP contribution in [0.5, 0.6) is 0 Å². The quantitative estimate of drug-likeness (QED) is 0.428. The fourth-order valence-electron chi connectivity index (χ4n) is 2.35. The molecule has 0 saturated carbocycles. The molecule has 0 saturated heterocycles. The molecule has 1 aromatic heterocycles. The van der Waals surface area contributed by atoms with Crippen LogP contribution in [0.15, 0.2) is 57.7 Å². The van der Waals surface area contributed by atoms with Gasteiger partial charge in [0.25, 0.3) is 0 Å². The van der Waals surface area contributed by atoms with Gasteiger partial charge in [-0.05, 0) is 30.3 Å². The highest BCUT2D eigenvalue weighted by Crippen LogP contribution is 2.35. The average molecular weight is 350 g/mol. The van der Waals surface area contributed by atoms with Crippen molar-refractivity contribution in [2.75, 3.05) is 5.32 Å². The number of para-hydroxylation sites is 1. The van der Waals surface area contributed by atoms with Crippen molar-refractivity contribution >= 4 is 28.0 Å². The van der Waals surface area contributed by atoms with E-state index in [0.29, 0.717) is 0 Å². The second-order valence-corrected chi connectivity index (χ2v) is 5.07. The van der Waals surface area contributed by atoms with Gasteiger partial charge >= 0.3 is 17.5 Å². The number of nitro groups is 1. The molecular formula is C16H9F3N2O4. The van der Waals surface area contributed by atoms with Gasteiger partial charge in [-0.3, -0.25) is 10.1 Å². The predicted molar refractivity (Wildman–Crippen MR) is 83.9 cm³/mol. The number of alkyl halides is 3. The molecule has 0 amide bonds. The first-order valence-electron chi connectivity index (χ1n) is 6.92. The maximum Gasteiger partial charge on any atom is 0.417 e. The van der Waals surface area contributed by atoms with Crippen LogP contribution < -0.4 is 10.9 Å². The summed E-state index contributed by atoms with van der Waals surface area (Å²) in [5.41, 5.74) is -3.20. The predicted octanol–water partition coefficient (Wildman–Crippen LogP) is 4.46. The zero-order chi connectivity index (χ0) is 18.2. The van der Waals surface area contributed by atoms with Crippen LogP contribution in [-0.4, -0.2) is 4.92 Å². The van der Waals surface area contributed by atoms with Crippen LogP contribution in [-0.2, 0) is 6.18 Å². The lowest BCUT2D eigenvalue weighted by Crippen LogP contribution is -2.11. The zero-order valence-electron chi connectivity index (χ0n) is 12.3. The molecule has 3 aromatic rings. The van der Waals surface area contributed by atoms with Gasteiger partial charge in [0.2, 0.25) is 0 Å². The SMILES string of the molecule is O=c1oc2ccccc2c(Nc2cccc(C(F)(F)F)c2)c1[N+](=O)[O-]. The van der Waals surface area contributed by atoms with E-state index >= 15 is 0 Å². The Kier molecular flexibility index (Phi) is 3.91. The minimum Gasteiger partial charge on any atom is -0.418 e. The number of anilines is 2. The Bertz CT molecular complexity index is 1030.